The number of hydrogen-bond acceptors (Lipinski definition) is 4. The Labute approximate surface area is 93.8 Å². The molecule has 15 heavy (non-hydrogen) atoms. The molecule has 0 aromatic carbocycles. The highest BCUT2D eigenvalue weighted by molar-refractivity contribution is 6.29. The molecule has 1 atom stereocenters. The fourth-order valence-electron chi connectivity index (χ4n) is 0.901. The molecule has 0 aliphatic rings. The summed E-state index contributed by atoms with van der Waals surface area (Å²) in [6.07, 6.45) is 6.02. The van der Waals surface area contributed by atoms with E-state index < -0.39 is 5.60 Å². The summed E-state index contributed by atoms with van der Waals surface area (Å²) in [6, 6.07) is 1.48. The summed E-state index contributed by atoms with van der Waals surface area (Å²) < 4.78 is 5.51. The summed E-state index contributed by atoms with van der Waals surface area (Å²) in [4.78, 5) is 7.60. The Balaban J connectivity index is 2.95. The van der Waals surface area contributed by atoms with E-state index in [-0.39, 0.29) is 17.0 Å². The molecule has 1 unspecified atom stereocenters. The predicted octanol–water partition coefficient (Wildman–Crippen LogP) is 1.89. The van der Waals surface area contributed by atoms with Gasteiger partial charge in [-0.2, -0.15) is 4.98 Å². The van der Waals surface area contributed by atoms with Crippen molar-refractivity contribution in [2.24, 2.45) is 0 Å². The molecule has 2 N–H and O–H groups in total. The summed E-state index contributed by atoms with van der Waals surface area (Å²) in [7, 11) is 0. The lowest BCUT2D eigenvalue weighted by atomic mass is 10.1. The second-order valence-corrected chi connectivity index (χ2v) is 3.61. The molecule has 1 aromatic rings. The molecular weight excluding hydrogens is 214 g/mol. The third-order valence-corrected chi connectivity index (χ3v) is 2.19. The van der Waals surface area contributed by atoms with Crippen LogP contribution in [0.3, 0.4) is 0 Å². The van der Waals surface area contributed by atoms with Gasteiger partial charge in [-0.05, 0) is 13.3 Å². The molecule has 1 rings (SSSR count). The standard InChI is InChI=1S/C10H12ClN3O/c1-4-10(3,5-2)15-8-6-7(11)13-9(12)14-8/h1,6H,5H2,2-3H3,(H2,12,13,14). The summed E-state index contributed by atoms with van der Waals surface area (Å²) in [5.74, 6) is 2.90. The molecule has 5 heteroatoms. The normalized spacial score (nSPS) is 14.0. The molecule has 4 nitrogen and oxygen atoms in total. The van der Waals surface area contributed by atoms with Crippen LogP contribution in [0, 0.1) is 12.3 Å². The van der Waals surface area contributed by atoms with Crippen LogP contribution in [0.25, 0.3) is 0 Å². The van der Waals surface area contributed by atoms with Gasteiger partial charge in [0.15, 0.2) is 5.60 Å². The van der Waals surface area contributed by atoms with Gasteiger partial charge in [0.05, 0.1) is 0 Å². The highest BCUT2D eigenvalue weighted by atomic mass is 35.5. The van der Waals surface area contributed by atoms with E-state index in [0.29, 0.717) is 6.42 Å². The lowest BCUT2D eigenvalue weighted by molar-refractivity contribution is 0.140. The summed E-state index contributed by atoms with van der Waals surface area (Å²) in [6.45, 7) is 3.71. The first-order valence-corrected chi connectivity index (χ1v) is 4.83. The van der Waals surface area contributed by atoms with E-state index in [1.807, 2.05) is 6.92 Å². The summed E-state index contributed by atoms with van der Waals surface area (Å²) in [5, 5.41) is 0.230. The van der Waals surface area contributed by atoms with Crippen molar-refractivity contribution < 1.29 is 4.74 Å². The largest absolute Gasteiger partial charge is 0.458 e. The maximum Gasteiger partial charge on any atom is 0.224 e. The van der Waals surface area contributed by atoms with Gasteiger partial charge in [0, 0.05) is 6.07 Å². The first-order valence-electron chi connectivity index (χ1n) is 4.46. The number of ether oxygens (including phenoxy) is 1. The molecule has 0 amide bonds. The Kier molecular flexibility index (Phi) is 3.38. The van der Waals surface area contributed by atoms with Gasteiger partial charge in [0.25, 0.3) is 0 Å². The fraction of sp³-hybridized carbons (Fsp3) is 0.400. The number of nitrogens with zero attached hydrogens (tertiary/aromatic N) is 2. The first kappa shape index (κ1) is 11.6. The number of terminal acetylenes is 1. The minimum atomic E-state index is -0.704. The molecule has 0 fully saturated rings. The smallest absolute Gasteiger partial charge is 0.224 e. The lowest BCUT2D eigenvalue weighted by Crippen LogP contribution is -2.29. The van der Waals surface area contributed by atoms with Crippen LogP contribution in [0.1, 0.15) is 20.3 Å². The van der Waals surface area contributed by atoms with Crippen molar-refractivity contribution in [3.63, 3.8) is 0 Å². The number of rotatable bonds is 3. The van der Waals surface area contributed by atoms with E-state index >= 15 is 0 Å². The maximum absolute atomic E-state index is 5.70. The van der Waals surface area contributed by atoms with Gasteiger partial charge in [-0.3, -0.25) is 0 Å². The van der Waals surface area contributed by atoms with Crippen molar-refractivity contribution >= 4 is 17.5 Å². The van der Waals surface area contributed by atoms with E-state index in [1.54, 1.807) is 6.92 Å². The highest BCUT2D eigenvalue weighted by Crippen LogP contribution is 2.21. The van der Waals surface area contributed by atoms with E-state index in [4.69, 9.17) is 28.5 Å². The zero-order valence-corrected chi connectivity index (χ0v) is 9.38. The average molecular weight is 226 g/mol. The Morgan fingerprint density at radius 1 is 1.67 bits per heavy atom. The number of halogens is 1. The van der Waals surface area contributed by atoms with Gasteiger partial charge in [-0.25, -0.2) is 4.98 Å². The van der Waals surface area contributed by atoms with Crippen molar-refractivity contribution in [1.29, 1.82) is 0 Å². The van der Waals surface area contributed by atoms with E-state index in [2.05, 4.69) is 15.9 Å². The molecule has 1 aromatic heterocycles. The minimum absolute atomic E-state index is 0.0629. The van der Waals surface area contributed by atoms with Gasteiger partial charge < -0.3 is 10.5 Å². The van der Waals surface area contributed by atoms with Crippen LogP contribution < -0.4 is 10.5 Å². The first-order chi connectivity index (χ1) is 6.99. The van der Waals surface area contributed by atoms with Crippen LogP contribution in [-0.4, -0.2) is 15.6 Å². The molecule has 1 heterocycles. The second kappa shape index (κ2) is 4.37. The monoisotopic (exact) mass is 225 g/mol. The number of nitrogens with two attached hydrogens (primary N) is 1. The van der Waals surface area contributed by atoms with E-state index in [9.17, 15) is 0 Å². The van der Waals surface area contributed by atoms with E-state index in [0.717, 1.165) is 0 Å². The molecular formula is C10H12ClN3O. The van der Waals surface area contributed by atoms with Crippen molar-refractivity contribution in [3.8, 4) is 18.2 Å². The van der Waals surface area contributed by atoms with Crippen molar-refractivity contribution in [2.45, 2.75) is 25.9 Å². The zero-order chi connectivity index (χ0) is 11.5. The summed E-state index contributed by atoms with van der Waals surface area (Å²) in [5.41, 5.74) is 4.72. The lowest BCUT2D eigenvalue weighted by Gasteiger charge is -2.22. The molecule has 0 saturated carbocycles. The van der Waals surface area contributed by atoms with Crippen LogP contribution in [0.15, 0.2) is 6.07 Å². The van der Waals surface area contributed by atoms with Gasteiger partial charge in [0.2, 0.25) is 11.8 Å². The third kappa shape index (κ3) is 3.00. The Morgan fingerprint density at radius 3 is 2.80 bits per heavy atom. The third-order valence-electron chi connectivity index (χ3n) is 2.00. The second-order valence-electron chi connectivity index (χ2n) is 3.22. The average Bonchev–Trinajstić information content (AvgIpc) is 2.16. The van der Waals surface area contributed by atoms with Crippen LogP contribution in [0.4, 0.5) is 5.95 Å². The molecule has 0 bridgehead atoms. The van der Waals surface area contributed by atoms with Crippen LogP contribution in [0.5, 0.6) is 5.88 Å². The maximum atomic E-state index is 5.70. The Hall–Kier alpha value is -1.47. The van der Waals surface area contributed by atoms with Crippen LogP contribution >= 0.6 is 11.6 Å². The topological polar surface area (TPSA) is 61.0 Å². The molecule has 0 saturated heterocycles. The number of hydrogen-bond donors (Lipinski definition) is 1. The Bertz CT molecular complexity index is 382. The van der Waals surface area contributed by atoms with Crippen LogP contribution in [-0.2, 0) is 0 Å². The number of aromatic nitrogens is 2. The summed E-state index contributed by atoms with van der Waals surface area (Å²) >= 11 is 5.70. The molecule has 0 radical (unpaired) electrons. The zero-order valence-electron chi connectivity index (χ0n) is 8.62. The molecule has 0 aliphatic heterocycles. The van der Waals surface area contributed by atoms with Crippen molar-refractivity contribution in [1.82, 2.24) is 9.97 Å². The van der Waals surface area contributed by atoms with Gasteiger partial charge in [0.1, 0.15) is 5.15 Å². The minimum Gasteiger partial charge on any atom is -0.458 e. The van der Waals surface area contributed by atoms with E-state index in [1.165, 1.54) is 6.07 Å². The quantitative estimate of drug-likeness (QED) is 0.631. The predicted molar refractivity (Wildman–Crippen MR) is 59.6 cm³/mol. The number of nitrogen functional groups attached to an aromatic ring is 1. The van der Waals surface area contributed by atoms with Gasteiger partial charge >= 0.3 is 0 Å². The SMILES string of the molecule is C#CC(C)(CC)Oc1cc(Cl)nc(N)n1. The van der Waals surface area contributed by atoms with Gasteiger partial charge in [-0.15, -0.1) is 6.42 Å². The Morgan fingerprint density at radius 2 is 2.33 bits per heavy atom. The van der Waals surface area contributed by atoms with Gasteiger partial charge in [-0.1, -0.05) is 24.4 Å². The highest BCUT2D eigenvalue weighted by Gasteiger charge is 2.21. The fourth-order valence-corrected chi connectivity index (χ4v) is 1.08. The van der Waals surface area contributed by atoms with Crippen molar-refractivity contribution in [2.75, 3.05) is 5.73 Å². The van der Waals surface area contributed by atoms with Crippen LogP contribution in [0.2, 0.25) is 5.15 Å². The number of anilines is 1. The molecule has 0 spiro atoms. The van der Waals surface area contributed by atoms with Crippen molar-refractivity contribution in [3.05, 3.63) is 11.2 Å². The molecule has 0 aliphatic carbocycles. The molecule has 80 valence electrons.